The van der Waals surface area contributed by atoms with Crippen LogP contribution in [0.4, 0.5) is 13.2 Å². The van der Waals surface area contributed by atoms with Gasteiger partial charge < -0.3 is 0 Å². The van der Waals surface area contributed by atoms with Gasteiger partial charge in [-0.15, -0.1) is 11.6 Å². The zero-order valence-corrected chi connectivity index (χ0v) is 10.1. The summed E-state index contributed by atoms with van der Waals surface area (Å²) in [6.07, 6.45) is -1.15. The molecule has 0 aliphatic carbocycles. The Kier molecular flexibility index (Phi) is 3.30. The van der Waals surface area contributed by atoms with Crippen molar-refractivity contribution >= 4 is 11.6 Å². The van der Waals surface area contributed by atoms with Crippen LogP contribution in [0.25, 0.3) is 5.69 Å². The highest BCUT2D eigenvalue weighted by Crippen LogP contribution is 2.29. The Morgan fingerprint density at radius 1 is 1.33 bits per heavy atom. The molecule has 2 heterocycles. The minimum atomic E-state index is -4.40. The van der Waals surface area contributed by atoms with Crippen LogP contribution in [0, 0.1) is 6.92 Å². The first-order valence-electron chi connectivity index (χ1n) is 5.05. The van der Waals surface area contributed by atoms with E-state index in [1.165, 1.54) is 6.20 Å². The minimum absolute atomic E-state index is 0.157. The van der Waals surface area contributed by atoms with Crippen LogP contribution in [0.2, 0.25) is 0 Å². The monoisotopic (exact) mass is 275 g/mol. The molecular formula is C11H9ClF3N3. The maximum atomic E-state index is 12.5. The molecule has 2 aromatic rings. The van der Waals surface area contributed by atoms with E-state index in [0.29, 0.717) is 16.9 Å². The van der Waals surface area contributed by atoms with Gasteiger partial charge in [0.05, 0.1) is 23.3 Å². The molecule has 0 aliphatic heterocycles. The summed E-state index contributed by atoms with van der Waals surface area (Å²) in [6.45, 7) is 1.75. The van der Waals surface area contributed by atoms with E-state index < -0.39 is 11.7 Å². The Hall–Kier alpha value is -1.56. The Labute approximate surface area is 106 Å². The molecule has 7 heteroatoms. The second-order valence-electron chi connectivity index (χ2n) is 3.76. The summed E-state index contributed by atoms with van der Waals surface area (Å²) in [5.74, 6) is 0.157. The van der Waals surface area contributed by atoms with E-state index >= 15 is 0 Å². The molecule has 2 aromatic heterocycles. The lowest BCUT2D eigenvalue weighted by atomic mass is 10.2. The molecule has 0 fully saturated rings. The predicted molar refractivity (Wildman–Crippen MR) is 60.7 cm³/mol. The molecule has 0 saturated heterocycles. The molecule has 0 saturated carbocycles. The Morgan fingerprint density at radius 3 is 2.61 bits per heavy atom. The Morgan fingerprint density at radius 2 is 2.06 bits per heavy atom. The molecule has 0 amide bonds. The van der Waals surface area contributed by atoms with Crippen molar-refractivity contribution < 1.29 is 13.2 Å². The second kappa shape index (κ2) is 4.61. The summed E-state index contributed by atoms with van der Waals surface area (Å²) in [7, 11) is 0. The maximum Gasteiger partial charge on any atom is 0.419 e. The molecule has 0 spiro atoms. The summed E-state index contributed by atoms with van der Waals surface area (Å²) >= 11 is 5.73. The van der Waals surface area contributed by atoms with Gasteiger partial charge in [0.25, 0.3) is 0 Å². The Balaban J connectivity index is 2.49. The van der Waals surface area contributed by atoms with Crippen LogP contribution in [0.15, 0.2) is 24.7 Å². The van der Waals surface area contributed by atoms with Crippen molar-refractivity contribution in [1.82, 2.24) is 14.8 Å². The maximum absolute atomic E-state index is 12.5. The number of hydrogen-bond donors (Lipinski definition) is 0. The van der Waals surface area contributed by atoms with Crippen molar-refractivity contribution in [2.75, 3.05) is 0 Å². The van der Waals surface area contributed by atoms with Gasteiger partial charge >= 0.3 is 6.18 Å². The summed E-state index contributed by atoms with van der Waals surface area (Å²) < 4.78 is 38.6. The number of aromatic nitrogens is 3. The average molecular weight is 276 g/mol. The van der Waals surface area contributed by atoms with Crippen LogP contribution < -0.4 is 0 Å². The summed E-state index contributed by atoms with van der Waals surface area (Å²) in [5.41, 5.74) is 1.02. The van der Waals surface area contributed by atoms with Crippen molar-refractivity contribution in [3.63, 3.8) is 0 Å². The summed E-state index contributed by atoms with van der Waals surface area (Å²) in [4.78, 5) is 4.04. The summed E-state index contributed by atoms with van der Waals surface area (Å²) in [5, 5.41) is 3.71. The van der Waals surface area contributed by atoms with Crippen molar-refractivity contribution in [1.29, 1.82) is 0 Å². The standard InChI is InChI=1S/C11H9ClF3N3/c1-7-2-10(8(3-12)4-16-7)18-6-9(5-17-18)11(13,14)15/h2,4-6H,3H2,1H3. The van der Waals surface area contributed by atoms with E-state index in [4.69, 9.17) is 11.6 Å². The third-order valence-electron chi connectivity index (χ3n) is 2.40. The van der Waals surface area contributed by atoms with E-state index in [9.17, 15) is 13.2 Å². The number of halogens is 4. The highest BCUT2D eigenvalue weighted by Gasteiger charge is 2.32. The van der Waals surface area contributed by atoms with E-state index in [1.54, 1.807) is 13.0 Å². The highest BCUT2D eigenvalue weighted by molar-refractivity contribution is 6.17. The van der Waals surface area contributed by atoms with Gasteiger partial charge in [-0.1, -0.05) is 0 Å². The number of aryl methyl sites for hydroxylation is 1. The first kappa shape index (κ1) is 12.9. The highest BCUT2D eigenvalue weighted by atomic mass is 35.5. The topological polar surface area (TPSA) is 30.7 Å². The molecule has 0 N–H and O–H groups in total. The second-order valence-corrected chi connectivity index (χ2v) is 4.03. The molecule has 18 heavy (non-hydrogen) atoms. The van der Waals surface area contributed by atoms with Crippen LogP contribution >= 0.6 is 11.6 Å². The molecule has 0 unspecified atom stereocenters. The molecule has 0 aromatic carbocycles. The molecule has 96 valence electrons. The fourth-order valence-corrected chi connectivity index (χ4v) is 1.70. The van der Waals surface area contributed by atoms with Gasteiger partial charge in [0.15, 0.2) is 0 Å². The third-order valence-corrected chi connectivity index (χ3v) is 2.69. The molecule has 0 atom stereocenters. The number of nitrogens with zero attached hydrogens (tertiary/aromatic N) is 3. The molecular weight excluding hydrogens is 267 g/mol. The van der Waals surface area contributed by atoms with Crippen molar-refractivity contribution in [2.24, 2.45) is 0 Å². The smallest absolute Gasteiger partial charge is 0.261 e. The zero-order chi connectivity index (χ0) is 13.3. The minimum Gasteiger partial charge on any atom is -0.261 e. The molecule has 0 aliphatic rings. The number of alkyl halides is 4. The number of rotatable bonds is 2. The molecule has 3 nitrogen and oxygen atoms in total. The van der Waals surface area contributed by atoms with Gasteiger partial charge in [0, 0.05) is 23.7 Å². The van der Waals surface area contributed by atoms with E-state index in [2.05, 4.69) is 10.1 Å². The number of hydrogen-bond acceptors (Lipinski definition) is 2. The van der Waals surface area contributed by atoms with E-state index in [0.717, 1.165) is 17.1 Å². The van der Waals surface area contributed by atoms with E-state index in [-0.39, 0.29) is 5.88 Å². The van der Waals surface area contributed by atoms with Crippen molar-refractivity contribution in [2.45, 2.75) is 19.0 Å². The van der Waals surface area contributed by atoms with Gasteiger partial charge in [-0.2, -0.15) is 18.3 Å². The van der Waals surface area contributed by atoms with Crippen LogP contribution in [0.5, 0.6) is 0 Å². The first-order chi connectivity index (χ1) is 8.41. The van der Waals surface area contributed by atoms with Gasteiger partial charge in [-0.05, 0) is 13.0 Å². The van der Waals surface area contributed by atoms with Crippen LogP contribution in [0.3, 0.4) is 0 Å². The summed E-state index contributed by atoms with van der Waals surface area (Å²) in [6, 6.07) is 1.64. The zero-order valence-electron chi connectivity index (χ0n) is 9.37. The Bertz CT molecular complexity index is 563. The quantitative estimate of drug-likeness (QED) is 0.787. The van der Waals surface area contributed by atoms with Crippen molar-refractivity contribution in [3.05, 3.63) is 41.5 Å². The lowest BCUT2D eigenvalue weighted by Gasteiger charge is -2.07. The average Bonchev–Trinajstić information content (AvgIpc) is 2.77. The molecule has 0 radical (unpaired) electrons. The van der Waals surface area contributed by atoms with Gasteiger partial charge in [-0.3, -0.25) is 4.98 Å². The SMILES string of the molecule is Cc1cc(-n2cc(C(F)(F)F)cn2)c(CCl)cn1. The lowest BCUT2D eigenvalue weighted by Crippen LogP contribution is -2.04. The van der Waals surface area contributed by atoms with Gasteiger partial charge in [0.2, 0.25) is 0 Å². The fourth-order valence-electron chi connectivity index (χ4n) is 1.49. The fraction of sp³-hybridized carbons (Fsp3) is 0.273. The number of pyridine rings is 1. The normalized spacial score (nSPS) is 11.8. The lowest BCUT2D eigenvalue weighted by molar-refractivity contribution is -0.137. The van der Waals surface area contributed by atoms with Crippen LogP contribution in [-0.4, -0.2) is 14.8 Å². The van der Waals surface area contributed by atoms with Gasteiger partial charge in [-0.25, -0.2) is 4.68 Å². The largest absolute Gasteiger partial charge is 0.419 e. The third kappa shape index (κ3) is 2.48. The van der Waals surface area contributed by atoms with E-state index in [1.807, 2.05) is 0 Å². The van der Waals surface area contributed by atoms with Crippen molar-refractivity contribution in [3.8, 4) is 5.69 Å². The molecule has 0 bridgehead atoms. The molecule has 2 rings (SSSR count). The predicted octanol–water partition coefficient (Wildman–Crippen LogP) is 3.33. The van der Waals surface area contributed by atoms with Crippen LogP contribution in [0.1, 0.15) is 16.8 Å². The van der Waals surface area contributed by atoms with Gasteiger partial charge in [0.1, 0.15) is 0 Å². The first-order valence-corrected chi connectivity index (χ1v) is 5.59. The van der Waals surface area contributed by atoms with Crippen LogP contribution in [-0.2, 0) is 12.1 Å².